The van der Waals surface area contributed by atoms with E-state index in [2.05, 4.69) is 30.7 Å². The molecule has 1 atom stereocenters. The van der Waals surface area contributed by atoms with Gasteiger partial charge in [0.2, 0.25) is 11.9 Å². The van der Waals surface area contributed by atoms with E-state index in [1.165, 1.54) is 0 Å². The van der Waals surface area contributed by atoms with E-state index in [1.54, 1.807) is 24.8 Å². The first-order chi connectivity index (χ1) is 12.7. The third kappa shape index (κ3) is 3.13. The number of carbonyl (C=O) groups is 1. The summed E-state index contributed by atoms with van der Waals surface area (Å²) in [5.74, 6) is 1.19. The number of anilines is 2. The maximum atomic E-state index is 12.3. The van der Waals surface area contributed by atoms with Crippen LogP contribution in [0.4, 0.5) is 11.8 Å². The van der Waals surface area contributed by atoms with E-state index in [9.17, 15) is 4.79 Å². The zero-order valence-corrected chi connectivity index (χ0v) is 14.4. The molecule has 0 saturated carbocycles. The van der Waals surface area contributed by atoms with Gasteiger partial charge in [0.15, 0.2) is 0 Å². The van der Waals surface area contributed by atoms with Gasteiger partial charge < -0.3 is 10.6 Å². The van der Waals surface area contributed by atoms with Crippen LogP contribution in [0.25, 0.3) is 0 Å². The van der Waals surface area contributed by atoms with Crippen molar-refractivity contribution in [3.63, 3.8) is 0 Å². The Morgan fingerprint density at radius 2 is 2.00 bits per heavy atom. The molecule has 0 aromatic carbocycles. The summed E-state index contributed by atoms with van der Waals surface area (Å²) in [4.78, 5) is 25.0. The Bertz CT molecular complexity index is 905. The number of nitrogens with one attached hydrogen (secondary N) is 2. The molecule has 26 heavy (non-hydrogen) atoms. The van der Waals surface area contributed by atoms with Gasteiger partial charge in [0.1, 0.15) is 5.82 Å². The van der Waals surface area contributed by atoms with Crippen molar-refractivity contribution in [3.05, 3.63) is 59.8 Å². The van der Waals surface area contributed by atoms with Crippen molar-refractivity contribution in [1.29, 1.82) is 0 Å². The third-order valence-electron chi connectivity index (χ3n) is 4.38. The van der Waals surface area contributed by atoms with Gasteiger partial charge in [0, 0.05) is 49.2 Å². The smallest absolute Gasteiger partial charge is 0.226 e. The van der Waals surface area contributed by atoms with Crippen molar-refractivity contribution in [2.45, 2.75) is 25.8 Å². The first kappa shape index (κ1) is 16.2. The summed E-state index contributed by atoms with van der Waals surface area (Å²) in [6.45, 7) is 3.32. The van der Waals surface area contributed by atoms with Crippen LogP contribution in [0.1, 0.15) is 36.0 Å². The molecule has 1 aliphatic heterocycles. The first-order valence-corrected chi connectivity index (χ1v) is 8.55. The van der Waals surface area contributed by atoms with Gasteiger partial charge in [0.05, 0.1) is 12.7 Å². The van der Waals surface area contributed by atoms with Crippen LogP contribution >= 0.6 is 0 Å². The van der Waals surface area contributed by atoms with E-state index in [-0.39, 0.29) is 11.8 Å². The highest BCUT2D eigenvalue weighted by molar-refractivity contribution is 5.94. The van der Waals surface area contributed by atoms with Crippen molar-refractivity contribution < 1.29 is 4.79 Å². The van der Waals surface area contributed by atoms with Gasteiger partial charge in [0.25, 0.3) is 0 Å². The van der Waals surface area contributed by atoms with Crippen molar-refractivity contribution in [2.75, 3.05) is 17.2 Å². The van der Waals surface area contributed by atoms with Crippen LogP contribution in [0.3, 0.4) is 0 Å². The number of fused-ring (bicyclic) bond motifs is 1. The summed E-state index contributed by atoms with van der Waals surface area (Å²) in [6.07, 6.45) is 9.22. The molecule has 1 amide bonds. The molecule has 0 unspecified atom stereocenters. The Kier molecular flexibility index (Phi) is 4.30. The van der Waals surface area contributed by atoms with Crippen LogP contribution in [-0.4, -0.2) is 37.2 Å². The average Bonchev–Trinajstić information content (AvgIpc) is 3.05. The lowest BCUT2D eigenvalue weighted by Gasteiger charge is -2.23. The van der Waals surface area contributed by atoms with Crippen molar-refractivity contribution >= 4 is 17.7 Å². The summed E-state index contributed by atoms with van der Waals surface area (Å²) in [7, 11) is 0. The molecule has 1 aliphatic rings. The molecule has 2 N–H and O–H groups in total. The summed E-state index contributed by atoms with van der Waals surface area (Å²) in [6, 6.07) is 3.87. The molecule has 0 spiro atoms. The van der Waals surface area contributed by atoms with Crippen LogP contribution in [0.15, 0.2) is 43.1 Å². The largest absolute Gasteiger partial charge is 0.355 e. The van der Waals surface area contributed by atoms with E-state index < -0.39 is 0 Å². The Hall–Kier alpha value is -3.29. The minimum Gasteiger partial charge on any atom is -0.355 e. The highest BCUT2D eigenvalue weighted by atomic mass is 16.1. The van der Waals surface area contributed by atoms with E-state index in [1.807, 2.05) is 29.9 Å². The molecule has 0 bridgehead atoms. The number of nitrogens with zero attached hydrogens (tertiary/aromatic N) is 5. The Labute approximate surface area is 150 Å². The fraction of sp³-hybridized carbons (Fsp3) is 0.278. The topological polar surface area (TPSA) is 97.6 Å². The van der Waals surface area contributed by atoms with Crippen molar-refractivity contribution in [3.8, 4) is 0 Å². The second-order valence-electron chi connectivity index (χ2n) is 6.14. The minimum atomic E-state index is -0.0967. The predicted molar refractivity (Wildman–Crippen MR) is 96.9 cm³/mol. The molecule has 0 radical (unpaired) electrons. The van der Waals surface area contributed by atoms with Crippen LogP contribution in [0.5, 0.6) is 0 Å². The molecular formula is C18H19N7O. The van der Waals surface area contributed by atoms with Crippen LogP contribution < -0.4 is 10.6 Å². The molecule has 3 aromatic rings. The zero-order chi connectivity index (χ0) is 17.9. The fourth-order valence-corrected chi connectivity index (χ4v) is 3.12. The zero-order valence-electron chi connectivity index (χ0n) is 14.4. The minimum absolute atomic E-state index is 0.0326. The van der Waals surface area contributed by atoms with Gasteiger partial charge in [-0.1, -0.05) is 0 Å². The standard InChI is InChI=1S/C18H19N7O/c1-2-20-18-21-8-13(9-22-18)14-7-16(26)24-17-15(14)10-23-25(17)11-12-3-5-19-6-4-12/h3-6,8-10,14H,2,7,11H2,1H3,(H,24,26)(H,20,21,22)/t14-/m1/s1. The van der Waals surface area contributed by atoms with E-state index in [4.69, 9.17) is 0 Å². The van der Waals surface area contributed by atoms with Gasteiger partial charge >= 0.3 is 0 Å². The number of amides is 1. The predicted octanol–water partition coefficient (Wildman–Crippen LogP) is 2.02. The third-order valence-corrected chi connectivity index (χ3v) is 4.38. The number of pyridine rings is 1. The lowest BCUT2D eigenvalue weighted by molar-refractivity contribution is -0.116. The van der Waals surface area contributed by atoms with Crippen LogP contribution in [0.2, 0.25) is 0 Å². The second-order valence-corrected chi connectivity index (χ2v) is 6.14. The molecule has 3 aromatic heterocycles. The number of rotatable bonds is 5. The Balaban J connectivity index is 1.65. The second kappa shape index (κ2) is 6.91. The molecule has 4 rings (SSSR count). The van der Waals surface area contributed by atoms with Crippen molar-refractivity contribution in [2.24, 2.45) is 0 Å². The molecule has 0 fully saturated rings. The van der Waals surface area contributed by atoms with Gasteiger partial charge in [-0.05, 0) is 30.2 Å². The normalized spacial score (nSPS) is 16.0. The summed E-state index contributed by atoms with van der Waals surface area (Å²) in [5.41, 5.74) is 2.96. The van der Waals surface area contributed by atoms with Gasteiger partial charge in [-0.2, -0.15) is 5.10 Å². The highest BCUT2D eigenvalue weighted by Gasteiger charge is 2.30. The van der Waals surface area contributed by atoms with E-state index in [0.717, 1.165) is 29.1 Å². The van der Waals surface area contributed by atoms with E-state index >= 15 is 0 Å². The van der Waals surface area contributed by atoms with Crippen LogP contribution in [-0.2, 0) is 11.3 Å². The maximum absolute atomic E-state index is 12.3. The molecule has 8 nitrogen and oxygen atoms in total. The quantitative estimate of drug-likeness (QED) is 0.731. The van der Waals surface area contributed by atoms with Gasteiger partial charge in [-0.15, -0.1) is 0 Å². The maximum Gasteiger partial charge on any atom is 0.226 e. The lowest BCUT2D eigenvalue weighted by atomic mass is 9.89. The van der Waals surface area contributed by atoms with Crippen molar-refractivity contribution in [1.82, 2.24) is 24.7 Å². The molecule has 8 heteroatoms. The van der Waals surface area contributed by atoms with Gasteiger partial charge in [-0.3, -0.25) is 9.78 Å². The molecule has 0 aliphatic carbocycles. The Morgan fingerprint density at radius 3 is 2.73 bits per heavy atom. The number of hydrogen-bond donors (Lipinski definition) is 2. The molecule has 4 heterocycles. The Morgan fingerprint density at radius 1 is 1.23 bits per heavy atom. The van der Waals surface area contributed by atoms with Gasteiger partial charge in [-0.25, -0.2) is 14.6 Å². The molecule has 0 saturated heterocycles. The number of hydrogen-bond acceptors (Lipinski definition) is 6. The fourth-order valence-electron chi connectivity index (χ4n) is 3.12. The van der Waals surface area contributed by atoms with Crippen LogP contribution in [0, 0.1) is 0 Å². The monoisotopic (exact) mass is 349 g/mol. The SMILES string of the molecule is CCNc1ncc([C@H]2CC(=O)Nc3c2cnn3Cc2ccncc2)cn1. The highest BCUT2D eigenvalue weighted by Crippen LogP contribution is 2.36. The summed E-state index contributed by atoms with van der Waals surface area (Å²) < 4.78 is 1.81. The number of aromatic nitrogens is 5. The average molecular weight is 349 g/mol. The van der Waals surface area contributed by atoms with E-state index in [0.29, 0.717) is 18.9 Å². The first-order valence-electron chi connectivity index (χ1n) is 8.55. The lowest BCUT2D eigenvalue weighted by Crippen LogP contribution is -2.25. The number of carbonyl (C=O) groups excluding carboxylic acids is 1. The summed E-state index contributed by atoms with van der Waals surface area (Å²) >= 11 is 0. The summed E-state index contributed by atoms with van der Waals surface area (Å²) in [5, 5.41) is 10.5. The molecular weight excluding hydrogens is 330 g/mol. The molecule has 132 valence electrons.